The number of hydrogen-bond acceptors (Lipinski definition) is 10. The van der Waals surface area contributed by atoms with Gasteiger partial charge in [0.1, 0.15) is 30.0 Å². The minimum Gasteiger partial charge on any atom is -0.447 e. The molecule has 0 radical (unpaired) electrons. The number of carbonyl (C=O) groups is 2. The van der Waals surface area contributed by atoms with Crippen molar-refractivity contribution in [3.8, 4) is 6.07 Å². The zero-order valence-corrected chi connectivity index (χ0v) is 20.9. The number of cyclic esters (lactones) is 1. The highest BCUT2D eigenvalue weighted by molar-refractivity contribution is 6.02. The molecule has 0 saturated carbocycles. The first kappa shape index (κ1) is 26.1. The molecule has 2 N–H and O–H groups in total. The summed E-state index contributed by atoms with van der Waals surface area (Å²) in [5.41, 5.74) is 2.58. The van der Waals surface area contributed by atoms with Gasteiger partial charge in [0, 0.05) is 46.7 Å². The molecule has 1 fully saturated rings. The van der Waals surface area contributed by atoms with Gasteiger partial charge in [-0.05, 0) is 24.5 Å². The fourth-order valence-corrected chi connectivity index (χ4v) is 4.24. The van der Waals surface area contributed by atoms with E-state index in [4.69, 9.17) is 23.9 Å². The molecule has 0 unspecified atom stereocenters. The van der Waals surface area contributed by atoms with E-state index in [2.05, 4.69) is 21.7 Å². The monoisotopic (exact) mass is 511 g/mol. The second kappa shape index (κ2) is 11.8. The van der Waals surface area contributed by atoms with Crippen molar-refractivity contribution in [2.75, 3.05) is 74.6 Å². The summed E-state index contributed by atoms with van der Waals surface area (Å²) >= 11 is 0. The van der Waals surface area contributed by atoms with E-state index in [0.717, 1.165) is 5.56 Å². The molecule has 1 saturated heterocycles. The molecule has 37 heavy (non-hydrogen) atoms. The first-order chi connectivity index (χ1) is 18.0. The number of fused-ring (bicyclic) bond motifs is 1. The summed E-state index contributed by atoms with van der Waals surface area (Å²) in [5, 5.41) is 15.3. The molecule has 0 spiro atoms. The average Bonchev–Trinajstić information content (AvgIpc) is 3.34. The van der Waals surface area contributed by atoms with Crippen molar-refractivity contribution < 1.29 is 28.5 Å². The smallest absolute Gasteiger partial charge is 0.414 e. The van der Waals surface area contributed by atoms with Crippen LogP contribution in [0.4, 0.5) is 32.6 Å². The van der Waals surface area contributed by atoms with E-state index in [1.54, 1.807) is 13.2 Å². The standard InChI is InChI=1S/C24H29N7O6/c1-34-9-6-26-17-12-19(27-14-16(17)13-25)28-23(32)31-7-4-5-15-11-18(30-8-10-37-24(30)33)20(29-21(15)31)22(35-2)36-3/h11-12,14,22H,4-10H2,1-3H3,(H2,26,27,28,32). The SMILES string of the molecule is COCCNc1cc(NC(=O)N2CCCc3cc(N4CCOC4=O)c(C(OC)OC)nc32)ncc1C#N. The van der Waals surface area contributed by atoms with Crippen molar-refractivity contribution in [2.24, 2.45) is 0 Å². The summed E-state index contributed by atoms with van der Waals surface area (Å²) in [6.07, 6.45) is 1.44. The average molecular weight is 512 g/mol. The highest BCUT2D eigenvalue weighted by Gasteiger charge is 2.33. The van der Waals surface area contributed by atoms with Crippen LogP contribution in [-0.2, 0) is 25.4 Å². The van der Waals surface area contributed by atoms with Gasteiger partial charge in [0.2, 0.25) is 6.29 Å². The van der Waals surface area contributed by atoms with Gasteiger partial charge >= 0.3 is 12.1 Å². The van der Waals surface area contributed by atoms with Crippen LogP contribution in [0.2, 0.25) is 0 Å². The van der Waals surface area contributed by atoms with Gasteiger partial charge in [-0.25, -0.2) is 19.6 Å². The van der Waals surface area contributed by atoms with Crippen molar-refractivity contribution in [3.63, 3.8) is 0 Å². The predicted molar refractivity (Wildman–Crippen MR) is 134 cm³/mol. The Morgan fingerprint density at radius 2 is 2.08 bits per heavy atom. The summed E-state index contributed by atoms with van der Waals surface area (Å²) in [6, 6.07) is 5.09. The Bertz CT molecular complexity index is 1200. The quantitative estimate of drug-likeness (QED) is 0.380. The van der Waals surface area contributed by atoms with Gasteiger partial charge in [0.15, 0.2) is 0 Å². The number of aromatic nitrogens is 2. The lowest BCUT2D eigenvalue weighted by atomic mass is 10.0. The van der Waals surface area contributed by atoms with Crippen LogP contribution in [0, 0.1) is 11.3 Å². The zero-order valence-electron chi connectivity index (χ0n) is 20.9. The molecule has 2 aromatic heterocycles. The third kappa shape index (κ3) is 5.56. The van der Waals surface area contributed by atoms with Crippen molar-refractivity contribution in [2.45, 2.75) is 19.1 Å². The Balaban J connectivity index is 1.64. The second-order valence-electron chi connectivity index (χ2n) is 8.28. The van der Waals surface area contributed by atoms with E-state index in [-0.39, 0.29) is 12.4 Å². The predicted octanol–water partition coefficient (Wildman–Crippen LogP) is 2.64. The van der Waals surface area contributed by atoms with E-state index in [0.29, 0.717) is 67.5 Å². The first-order valence-corrected chi connectivity index (χ1v) is 11.8. The van der Waals surface area contributed by atoms with Gasteiger partial charge in [0.05, 0.1) is 30.1 Å². The molecule has 13 nitrogen and oxygen atoms in total. The summed E-state index contributed by atoms with van der Waals surface area (Å²) in [7, 11) is 4.53. The van der Waals surface area contributed by atoms with Crippen LogP contribution in [0.3, 0.4) is 0 Å². The van der Waals surface area contributed by atoms with Gasteiger partial charge in [-0.2, -0.15) is 5.26 Å². The Hall–Kier alpha value is -3.99. The molecule has 0 aromatic carbocycles. The highest BCUT2D eigenvalue weighted by Crippen LogP contribution is 2.36. The number of hydrogen-bond donors (Lipinski definition) is 2. The van der Waals surface area contributed by atoms with Gasteiger partial charge in [0.25, 0.3) is 0 Å². The number of nitrogens with zero attached hydrogens (tertiary/aromatic N) is 5. The molecular weight excluding hydrogens is 482 g/mol. The lowest BCUT2D eigenvalue weighted by molar-refractivity contribution is -0.108. The zero-order chi connectivity index (χ0) is 26.4. The molecule has 3 amide bonds. The Labute approximate surface area is 214 Å². The van der Waals surface area contributed by atoms with E-state index < -0.39 is 18.4 Å². The topological polar surface area (TPSA) is 151 Å². The summed E-state index contributed by atoms with van der Waals surface area (Å²) in [4.78, 5) is 37.6. The number of anilines is 4. The molecule has 4 rings (SSSR count). The Morgan fingerprint density at radius 3 is 2.76 bits per heavy atom. The van der Waals surface area contributed by atoms with Gasteiger partial charge in [-0.15, -0.1) is 0 Å². The minimum absolute atomic E-state index is 0.272. The molecule has 0 atom stereocenters. The van der Waals surface area contributed by atoms with Crippen LogP contribution in [0.1, 0.15) is 29.5 Å². The number of pyridine rings is 2. The first-order valence-electron chi connectivity index (χ1n) is 11.8. The number of ether oxygens (including phenoxy) is 4. The van der Waals surface area contributed by atoms with Crippen molar-refractivity contribution in [1.82, 2.24) is 9.97 Å². The lowest BCUT2D eigenvalue weighted by Gasteiger charge is -2.31. The number of methoxy groups -OCH3 is 3. The van der Waals surface area contributed by atoms with Crippen molar-refractivity contribution in [1.29, 1.82) is 5.26 Å². The minimum atomic E-state index is -0.860. The molecule has 2 aromatic rings. The molecule has 2 aliphatic heterocycles. The molecule has 2 aliphatic rings. The number of nitriles is 1. The molecular formula is C24H29N7O6. The third-order valence-corrected chi connectivity index (χ3v) is 6.00. The van der Waals surface area contributed by atoms with E-state index in [9.17, 15) is 14.9 Å². The molecule has 0 bridgehead atoms. The number of nitrogens with one attached hydrogen (secondary N) is 2. The van der Waals surface area contributed by atoms with E-state index >= 15 is 0 Å². The van der Waals surface area contributed by atoms with E-state index in [1.165, 1.54) is 30.2 Å². The normalized spacial score (nSPS) is 14.8. The summed E-state index contributed by atoms with van der Waals surface area (Å²) < 4.78 is 21.0. The number of amides is 3. The second-order valence-corrected chi connectivity index (χ2v) is 8.28. The van der Waals surface area contributed by atoms with Crippen LogP contribution in [0.5, 0.6) is 0 Å². The summed E-state index contributed by atoms with van der Waals surface area (Å²) in [5.74, 6) is 0.723. The fourth-order valence-electron chi connectivity index (χ4n) is 4.24. The Morgan fingerprint density at radius 1 is 1.27 bits per heavy atom. The van der Waals surface area contributed by atoms with Crippen molar-refractivity contribution >= 4 is 35.1 Å². The van der Waals surface area contributed by atoms with Crippen molar-refractivity contribution in [3.05, 3.63) is 35.2 Å². The van der Waals surface area contributed by atoms with Gasteiger partial charge < -0.3 is 24.3 Å². The maximum absolute atomic E-state index is 13.4. The van der Waals surface area contributed by atoms with Gasteiger partial charge in [-0.1, -0.05) is 0 Å². The van der Waals surface area contributed by atoms with Gasteiger partial charge in [-0.3, -0.25) is 15.1 Å². The summed E-state index contributed by atoms with van der Waals surface area (Å²) in [6.45, 7) is 2.02. The molecule has 196 valence electrons. The number of aryl methyl sites for hydroxylation is 1. The molecule has 0 aliphatic carbocycles. The number of urea groups is 1. The lowest BCUT2D eigenvalue weighted by Crippen LogP contribution is -2.40. The Kier molecular flexibility index (Phi) is 8.34. The molecule has 4 heterocycles. The highest BCUT2D eigenvalue weighted by atomic mass is 16.7. The fraction of sp³-hybridized carbons (Fsp3) is 0.458. The van der Waals surface area contributed by atoms with Crippen LogP contribution in [-0.4, -0.2) is 76.3 Å². The van der Waals surface area contributed by atoms with E-state index in [1.807, 2.05) is 6.07 Å². The maximum Gasteiger partial charge on any atom is 0.414 e. The maximum atomic E-state index is 13.4. The van der Waals surface area contributed by atoms with Crippen LogP contribution < -0.4 is 20.4 Å². The number of carbonyl (C=O) groups excluding carboxylic acids is 2. The molecule has 13 heteroatoms. The van der Waals surface area contributed by atoms with Crippen LogP contribution >= 0.6 is 0 Å². The third-order valence-electron chi connectivity index (χ3n) is 6.00. The van der Waals surface area contributed by atoms with Crippen LogP contribution in [0.15, 0.2) is 18.3 Å². The number of rotatable bonds is 9. The van der Waals surface area contributed by atoms with Crippen LogP contribution in [0.25, 0.3) is 0 Å². The largest absolute Gasteiger partial charge is 0.447 e.